The second-order valence-corrected chi connectivity index (χ2v) is 5.84. The van der Waals surface area contributed by atoms with Crippen molar-refractivity contribution in [2.75, 3.05) is 5.32 Å². The van der Waals surface area contributed by atoms with Crippen LogP contribution in [-0.4, -0.2) is 34.1 Å². The summed E-state index contributed by atoms with van der Waals surface area (Å²) in [4.78, 5) is 24.0. The van der Waals surface area contributed by atoms with Crippen LogP contribution >= 0.6 is 0 Å². The summed E-state index contributed by atoms with van der Waals surface area (Å²) in [5.41, 5.74) is 7.33. The lowest BCUT2D eigenvalue weighted by Gasteiger charge is -2.19. The van der Waals surface area contributed by atoms with E-state index >= 15 is 0 Å². The van der Waals surface area contributed by atoms with Crippen LogP contribution < -0.4 is 16.4 Å². The standard InChI is InChI=1S/C16H25N3O4/c1-9(2)14(17)16(23)18-10(3)15(22)19-13-5-11(7-20)4-12(6-13)8-21/h4-6,9-10,14,20-21H,7-8,17H2,1-3H3,(H,18,23)(H,19,22)/t10-,14-/m0/s1. The van der Waals surface area contributed by atoms with Gasteiger partial charge in [-0.15, -0.1) is 0 Å². The number of nitrogens with two attached hydrogens (primary N) is 1. The highest BCUT2D eigenvalue weighted by atomic mass is 16.3. The molecule has 7 nitrogen and oxygen atoms in total. The average Bonchev–Trinajstić information content (AvgIpc) is 2.53. The first-order valence-electron chi connectivity index (χ1n) is 7.49. The van der Waals surface area contributed by atoms with Crippen molar-refractivity contribution in [1.82, 2.24) is 5.32 Å². The van der Waals surface area contributed by atoms with Gasteiger partial charge in [0.1, 0.15) is 6.04 Å². The molecule has 1 aromatic rings. The fourth-order valence-corrected chi connectivity index (χ4v) is 1.95. The first kappa shape index (κ1) is 19.1. The number of aliphatic hydroxyl groups is 2. The maximum atomic E-state index is 12.1. The number of hydrogen-bond donors (Lipinski definition) is 5. The Hall–Kier alpha value is -1.96. The van der Waals surface area contributed by atoms with Crippen LogP contribution in [0.4, 0.5) is 5.69 Å². The van der Waals surface area contributed by atoms with Gasteiger partial charge in [-0.25, -0.2) is 0 Å². The van der Waals surface area contributed by atoms with Gasteiger partial charge in [0.2, 0.25) is 11.8 Å². The Kier molecular flexibility index (Phi) is 7.15. The molecule has 23 heavy (non-hydrogen) atoms. The Bertz CT molecular complexity index is 538. The fraction of sp³-hybridized carbons (Fsp3) is 0.500. The second kappa shape index (κ2) is 8.61. The van der Waals surface area contributed by atoms with Crippen molar-refractivity contribution in [3.8, 4) is 0 Å². The normalized spacial score (nSPS) is 13.5. The number of aliphatic hydroxyl groups excluding tert-OH is 2. The van der Waals surface area contributed by atoms with Gasteiger partial charge in [0, 0.05) is 5.69 Å². The third kappa shape index (κ3) is 5.63. The van der Waals surface area contributed by atoms with E-state index in [4.69, 9.17) is 5.73 Å². The van der Waals surface area contributed by atoms with Gasteiger partial charge < -0.3 is 26.6 Å². The zero-order valence-electron chi connectivity index (χ0n) is 13.7. The number of hydrogen-bond acceptors (Lipinski definition) is 5. The fourth-order valence-electron chi connectivity index (χ4n) is 1.95. The van der Waals surface area contributed by atoms with Gasteiger partial charge in [-0.1, -0.05) is 19.9 Å². The topological polar surface area (TPSA) is 125 Å². The highest BCUT2D eigenvalue weighted by molar-refractivity contribution is 5.97. The monoisotopic (exact) mass is 323 g/mol. The van der Waals surface area contributed by atoms with Gasteiger partial charge in [-0.05, 0) is 36.1 Å². The molecule has 1 rings (SSSR count). The van der Waals surface area contributed by atoms with E-state index in [1.807, 2.05) is 13.8 Å². The molecule has 2 amide bonds. The Morgan fingerprint density at radius 3 is 2.00 bits per heavy atom. The van der Waals surface area contributed by atoms with Gasteiger partial charge >= 0.3 is 0 Å². The summed E-state index contributed by atoms with van der Waals surface area (Å²) in [5.74, 6) is -0.824. The molecule has 2 atom stereocenters. The van der Waals surface area contributed by atoms with E-state index in [1.165, 1.54) is 0 Å². The van der Waals surface area contributed by atoms with Crippen LogP contribution in [0.2, 0.25) is 0 Å². The van der Waals surface area contributed by atoms with Crippen molar-refractivity contribution in [3.05, 3.63) is 29.3 Å². The van der Waals surface area contributed by atoms with Crippen molar-refractivity contribution >= 4 is 17.5 Å². The van der Waals surface area contributed by atoms with Crippen LogP contribution in [0.25, 0.3) is 0 Å². The molecular formula is C16H25N3O4. The number of anilines is 1. The quantitative estimate of drug-likeness (QED) is 0.487. The van der Waals surface area contributed by atoms with Crippen molar-refractivity contribution in [2.24, 2.45) is 11.7 Å². The molecule has 0 radical (unpaired) electrons. The lowest BCUT2D eigenvalue weighted by atomic mass is 10.0. The van der Waals surface area contributed by atoms with Crippen LogP contribution in [0, 0.1) is 5.92 Å². The largest absolute Gasteiger partial charge is 0.392 e. The number of nitrogens with one attached hydrogen (secondary N) is 2. The van der Waals surface area contributed by atoms with E-state index in [-0.39, 0.29) is 25.0 Å². The molecule has 0 aliphatic carbocycles. The molecule has 128 valence electrons. The third-order valence-electron chi connectivity index (χ3n) is 3.46. The lowest BCUT2D eigenvalue weighted by Crippen LogP contribution is -2.50. The average molecular weight is 323 g/mol. The molecule has 0 fully saturated rings. The van der Waals surface area contributed by atoms with E-state index < -0.39 is 18.0 Å². The maximum Gasteiger partial charge on any atom is 0.246 e. The highest BCUT2D eigenvalue weighted by Gasteiger charge is 2.22. The van der Waals surface area contributed by atoms with Crippen molar-refractivity contribution < 1.29 is 19.8 Å². The first-order valence-corrected chi connectivity index (χ1v) is 7.49. The van der Waals surface area contributed by atoms with E-state index in [0.29, 0.717) is 16.8 Å². The Labute approximate surface area is 135 Å². The Morgan fingerprint density at radius 2 is 1.57 bits per heavy atom. The number of amides is 2. The predicted molar refractivity (Wildman–Crippen MR) is 87.3 cm³/mol. The van der Waals surface area contributed by atoms with Gasteiger partial charge in [0.05, 0.1) is 19.3 Å². The minimum atomic E-state index is -0.761. The van der Waals surface area contributed by atoms with Gasteiger partial charge in [0.25, 0.3) is 0 Å². The molecule has 0 aromatic heterocycles. The minimum absolute atomic E-state index is 0.0291. The Morgan fingerprint density at radius 1 is 1.04 bits per heavy atom. The zero-order valence-corrected chi connectivity index (χ0v) is 13.7. The molecule has 0 spiro atoms. The summed E-state index contributed by atoms with van der Waals surface area (Å²) >= 11 is 0. The molecule has 0 heterocycles. The molecule has 0 aliphatic rings. The number of rotatable bonds is 7. The molecule has 0 unspecified atom stereocenters. The smallest absolute Gasteiger partial charge is 0.246 e. The molecule has 6 N–H and O–H groups in total. The Balaban J connectivity index is 2.73. The van der Waals surface area contributed by atoms with Crippen LogP contribution in [0.5, 0.6) is 0 Å². The number of carbonyl (C=O) groups excluding carboxylic acids is 2. The molecule has 0 aliphatic heterocycles. The third-order valence-corrected chi connectivity index (χ3v) is 3.46. The molecular weight excluding hydrogens is 298 g/mol. The van der Waals surface area contributed by atoms with Gasteiger partial charge in [-0.2, -0.15) is 0 Å². The maximum absolute atomic E-state index is 12.1. The first-order chi connectivity index (χ1) is 10.8. The molecule has 0 bridgehead atoms. The number of benzene rings is 1. The van der Waals surface area contributed by atoms with Crippen LogP contribution in [-0.2, 0) is 22.8 Å². The SMILES string of the molecule is CC(C)[C@H](N)C(=O)N[C@@H](C)C(=O)Nc1cc(CO)cc(CO)c1. The van der Waals surface area contributed by atoms with Gasteiger partial charge in [0.15, 0.2) is 0 Å². The highest BCUT2D eigenvalue weighted by Crippen LogP contribution is 2.15. The molecule has 7 heteroatoms. The van der Waals surface area contributed by atoms with Crippen LogP contribution in [0.15, 0.2) is 18.2 Å². The van der Waals surface area contributed by atoms with E-state index in [9.17, 15) is 19.8 Å². The summed E-state index contributed by atoms with van der Waals surface area (Å²) in [6.45, 7) is 4.80. The summed E-state index contributed by atoms with van der Waals surface area (Å²) in [5, 5.41) is 23.6. The van der Waals surface area contributed by atoms with Gasteiger partial charge in [-0.3, -0.25) is 9.59 Å². The molecule has 0 saturated heterocycles. The lowest BCUT2D eigenvalue weighted by molar-refractivity contribution is -0.127. The summed E-state index contributed by atoms with van der Waals surface area (Å²) in [7, 11) is 0. The predicted octanol–water partition coefficient (Wildman–Crippen LogP) is 0.0977. The molecule has 1 aromatic carbocycles. The number of carbonyl (C=O) groups is 2. The van der Waals surface area contributed by atoms with E-state index in [1.54, 1.807) is 25.1 Å². The second-order valence-electron chi connectivity index (χ2n) is 5.84. The van der Waals surface area contributed by atoms with Crippen molar-refractivity contribution in [1.29, 1.82) is 0 Å². The zero-order chi connectivity index (χ0) is 17.6. The van der Waals surface area contributed by atoms with Crippen molar-refractivity contribution in [3.63, 3.8) is 0 Å². The summed E-state index contributed by atoms with van der Waals surface area (Å²) in [6, 6.07) is 3.41. The summed E-state index contributed by atoms with van der Waals surface area (Å²) in [6.07, 6.45) is 0. The van der Waals surface area contributed by atoms with Crippen LogP contribution in [0.3, 0.4) is 0 Å². The molecule has 0 saturated carbocycles. The van der Waals surface area contributed by atoms with Crippen molar-refractivity contribution in [2.45, 2.75) is 46.1 Å². The van der Waals surface area contributed by atoms with E-state index in [2.05, 4.69) is 10.6 Å². The van der Waals surface area contributed by atoms with E-state index in [0.717, 1.165) is 0 Å². The van der Waals surface area contributed by atoms with Crippen LogP contribution in [0.1, 0.15) is 31.9 Å². The minimum Gasteiger partial charge on any atom is -0.392 e. The summed E-state index contributed by atoms with van der Waals surface area (Å²) < 4.78 is 0.